The van der Waals surface area contributed by atoms with Crippen molar-refractivity contribution in [2.45, 2.75) is 32.2 Å². The molecule has 1 aliphatic rings. The van der Waals surface area contributed by atoms with Crippen LogP contribution in [0.2, 0.25) is 5.02 Å². The predicted molar refractivity (Wildman–Crippen MR) is 112 cm³/mol. The molecule has 6 nitrogen and oxygen atoms in total. The molecule has 0 fully saturated rings. The van der Waals surface area contributed by atoms with E-state index >= 15 is 0 Å². The Morgan fingerprint density at radius 3 is 2.97 bits per heavy atom. The average molecular weight is 411 g/mol. The lowest BCUT2D eigenvalue weighted by Crippen LogP contribution is -2.21. The minimum Gasteiger partial charge on any atom is -0.477 e. The third-order valence-electron chi connectivity index (χ3n) is 5.26. The van der Waals surface area contributed by atoms with Gasteiger partial charge in [-0.2, -0.15) is 5.10 Å². The molecule has 150 valence electrons. The van der Waals surface area contributed by atoms with Gasteiger partial charge in [0.05, 0.1) is 5.69 Å². The van der Waals surface area contributed by atoms with Crippen LogP contribution in [0.15, 0.2) is 42.7 Å². The van der Waals surface area contributed by atoms with Crippen molar-refractivity contribution >= 4 is 17.6 Å². The van der Waals surface area contributed by atoms with Crippen LogP contribution in [-0.2, 0) is 25.8 Å². The number of pyridine rings is 1. The largest absolute Gasteiger partial charge is 0.477 e. The molecule has 0 unspecified atom stereocenters. The Kier molecular flexibility index (Phi) is 5.92. The zero-order valence-corrected chi connectivity index (χ0v) is 16.8. The normalized spacial score (nSPS) is 12.4. The number of fused-ring (bicyclic) bond motifs is 3. The Balaban J connectivity index is 1.37. The molecule has 0 aliphatic heterocycles. The Morgan fingerprint density at radius 2 is 2.14 bits per heavy atom. The van der Waals surface area contributed by atoms with Gasteiger partial charge in [-0.1, -0.05) is 23.7 Å². The number of carboxylic acids is 1. The summed E-state index contributed by atoms with van der Waals surface area (Å²) in [5, 5.41) is 18.6. The first kappa shape index (κ1) is 19.6. The van der Waals surface area contributed by atoms with Crippen molar-refractivity contribution in [2.24, 2.45) is 0 Å². The molecule has 1 aromatic carbocycles. The van der Waals surface area contributed by atoms with Crippen LogP contribution in [0.1, 0.15) is 33.6 Å². The van der Waals surface area contributed by atoms with Crippen LogP contribution in [0.5, 0.6) is 0 Å². The number of rotatable bonds is 8. The first-order valence-electron chi connectivity index (χ1n) is 9.85. The van der Waals surface area contributed by atoms with Gasteiger partial charge in [-0.15, -0.1) is 0 Å². The second kappa shape index (κ2) is 8.76. The van der Waals surface area contributed by atoms with E-state index in [1.165, 1.54) is 5.56 Å². The molecule has 2 heterocycles. The Bertz CT molecular complexity index is 1030. The summed E-state index contributed by atoms with van der Waals surface area (Å²) in [6, 6.07) is 9.79. The Morgan fingerprint density at radius 1 is 1.24 bits per heavy atom. The fourth-order valence-electron chi connectivity index (χ4n) is 3.87. The quantitative estimate of drug-likeness (QED) is 0.554. The second-order valence-corrected chi connectivity index (χ2v) is 7.66. The number of aryl methyl sites for hydroxylation is 2. The van der Waals surface area contributed by atoms with Crippen LogP contribution in [0.25, 0.3) is 11.3 Å². The second-order valence-electron chi connectivity index (χ2n) is 7.22. The molecule has 3 aromatic rings. The first-order valence-corrected chi connectivity index (χ1v) is 10.2. The van der Waals surface area contributed by atoms with Crippen molar-refractivity contribution in [2.75, 3.05) is 13.1 Å². The summed E-state index contributed by atoms with van der Waals surface area (Å²) in [4.78, 5) is 16.1. The molecule has 2 aromatic heterocycles. The number of halogens is 1. The van der Waals surface area contributed by atoms with Crippen LogP contribution in [0.4, 0.5) is 0 Å². The summed E-state index contributed by atoms with van der Waals surface area (Å²) in [6.07, 6.45) is 6.78. The van der Waals surface area contributed by atoms with Gasteiger partial charge >= 0.3 is 5.97 Å². The molecule has 1 aliphatic carbocycles. The Labute approximate surface area is 174 Å². The highest BCUT2D eigenvalue weighted by atomic mass is 35.5. The maximum absolute atomic E-state index is 11.9. The van der Waals surface area contributed by atoms with E-state index in [9.17, 15) is 9.90 Å². The number of aromatic nitrogens is 3. The fourth-order valence-corrected chi connectivity index (χ4v) is 4.09. The number of benzene rings is 1. The number of hydrogen-bond donors (Lipinski definition) is 2. The predicted octanol–water partition coefficient (Wildman–Crippen LogP) is 3.62. The summed E-state index contributed by atoms with van der Waals surface area (Å²) >= 11 is 6.01. The molecule has 0 saturated heterocycles. The lowest BCUT2D eigenvalue weighted by molar-refractivity contribution is 0.0681. The summed E-state index contributed by atoms with van der Waals surface area (Å²) in [5.74, 6) is -0.912. The van der Waals surface area contributed by atoms with E-state index in [-0.39, 0.29) is 0 Å². The number of nitrogens with zero attached hydrogens (tertiary/aromatic N) is 3. The van der Waals surface area contributed by atoms with Crippen LogP contribution >= 0.6 is 11.6 Å². The smallest absolute Gasteiger partial charge is 0.354 e. The maximum Gasteiger partial charge on any atom is 0.354 e. The number of aromatic carboxylic acids is 1. The molecular weight excluding hydrogens is 388 g/mol. The minimum atomic E-state index is -0.912. The molecule has 0 amide bonds. The number of carboxylic acid groups (broad SMARTS) is 1. The van der Waals surface area contributed by atoms with E-state index in [4.69, 9.17) is 11.6 Å². The van der Waals surface area contributed by atoms with Crippen molar-refractivity contribution in [1.29, 1.82) is 0 Å². The van der Waals surface area contributed by atoms with E-state index in [2.05, 4.69) is 21.5 Å². The average Bonchev–Trinajstić information content (AvgIpc) is 3.10. The molecule has 0 radical (unpaired) electrons. The van der Waals surface area contributed by atoms with Crippen molar-refractivity contribution in [3.63, 3.8) is 0 Å². The highest BCUT2D eigenvalue weighted by Gasteiger charge is 2.27. The van der Waals surface area contributed by atoms with Crippen molar-refractivity contribution in [3.05, 3.63) is 70.1 Å². The zero-order valence-electron chi connectivity index (χ0n) is 16.1. The third-order valence-corrected chi connectivity index (χ3v) is 5.49. The molecule has 7 heteroatoms. The standard InChI is InChI=1S/C22H23ClN4O2/c23-17-4-1-3-15(13-17)7-10-24-9-2-12-27-21(22(28)29)19-6-5-16-14-25-11-8-18(16)20(19)26-27/h1,3-4,8,11,13-14,24H,2,5-7,9-10,12H2,(H,28,29). The molecule has 0 spiro atoms. The molecule has 29 heavy (non-hydrogen) atoms. The number of hydrogen-bond acceptors (Lipinski definition) is 4. The lowest BCUT2D eigenvalue weighted by Gasteiger charge is -2.14. The van der Waals surface area contributed by atoms with Gasteiger partial charge in [0.2, 0.25) is 0 Å². The Hall–Kier alpha value is -2.70. The first-order chi connectivity index (χ1) is 14.1. The third kappa shape index (κ3) is 4.33. The van der Waals surface area contributed by atoms with E-state index in [0.717, 1.165) is 59.8 Å². The zero-order chi connectivity index (χ0) is 20.2. The molecule has 2 N–H and O–H groups in total. The summed E-state index contributed by atoms with van der Waals surface area (Å²) in [7, 11) is 0. The van der Waals surface area contributed by atoms with E-state index in [0.29, 0.717) is 18.7 Å². The van der Waals surface area contributed by atoms with Crippen molar-refractivity contribution in [3.8, 4) is 11.3 Å². The van der Waals surface area contributed by atoms with E-state index < -0.39 is 5.97 Å². The highest BCUT2D eigenvalue weighted by molar-refractivity contribution is 6.30. The van der Waals surface area contributed by atoms with Crippen molar-refractivity contribution in [1.82, 2.24) is 20.1 Å². The van der Waals surface area contributed by atoms with Gasteiger partial charge in [0.15, 0.2) is 0 Å². The van der Waals surface area contributed by atoms with Gasteiger partial charge in [0.1, 0.15) is 5.69 Å². The number of carbonyl (C=O) groups is 1. The van der Waals surface area contributed by atoms with Crippen LogP contribution in [0, 0.1) is 0 Å². The van der Waals surface area contributed by atoms with E-state index in [1.807, 2.05) is 30.5 Å². The van der Waals surface area contributed by atoms with Gasteiger partial charge < -0.3 is 10.4 Å². The van der Waals surface area contributed by atoms with Crippen LogP contribution in [-0.4, -0.2) is 38.9 Å². The number of nitrogens with one attached hydrogen (secondary N) is 1. The fraction of sp³-hybridized carbons (Fsp3) is 0.318. The minimum absolute atomic E-state index is 0.321. The lowest BCUT2D eigenvalue weighted by atomic mass is 9.90. The van der Waals surface area contributed by atoms with Crippen LogP contribution < -0.4 is 5.32 Å². The van der Waals surface area contributed by atoms with Crippen LogP contribution in [0.3, 0.4) is 0 Å². The SMILES string of the molecule is O=C(O)c1c2c(nn1CCCNCCc1cccc(Cl)c1)-c1ccncc1CC2. The summed E-state index contributed by atoms with van der Waals surface area (Å²) in [6.45, 7) is 2.21. The van der Waals surface area contributed by atoms with Gasteiger partial charge in [0, 0.05) is 35.1 Å². The maximum atomic E-state index is 11.9. The highest BCUT2D eigenvalue weighted by Crippen LogP contribution is 2.34. The molecule has 0 atom stereocenters. The van der Waals surface area contributed by atoms with Crippen molar-refractivity contribution < 1.29 is 9.90 Å². The van der Waals surface area contributed by atoms with E-state index in [1.54, 1.807) is 10.9 Å². The summed E-state index contributed by atoms with van der Waals surface area (Å²) in [5.41, 5.74) is 5.28. The molecular formula is C22H23ClN4O2. The van der Waals surface area contributed by atoms with Gasteiger partial charge in [-0.25, -0.2) is 4.79 Å². The monoisotopic (exact) mass is 410 g/mol. The van der Waals surface area contributed by atoms with Gasteiger partial charge in [-0.05, 0) is 68.1 Å². The molecule has 4 rings (SSSR count). The molecule has 0 bridgehead atoms. The topological polar surface area (TPSA) is 80.0 Å². The van der Waals surface area contributed by atoms with Gasteiger partial charge in [-0.3, -0.25) is 9.67 Å². The molecule has 0 saturated carbocycles. The summed E-state index contributed by atoms with van der Waals surface area (Å²) < 4.78 is 1.65. The van der Waals surface area contributed by atoms with Gasteiger partial charge in [0.25, 0.3) is 0 Å².